The van der Waals surface area contributed by atoms with E-state index in [2.05, 4.69) is 9.97 Å². The van der Waals surface area contributed by atoms with Gasteiger partial charge in [-0.3, -0.25) is 18.7 Å². The molecule has 3 aromatic heterocycles. The summed E-state index contributed by atoms with van der Waals surface area (Å²) >= 11 is 0. The van der Waals surface area contributed by atoms with Crippen LogP contribution in [-0.4, -0.2) is 43.0 Å². The van der Waals surface area contributed by atoms with Gasteiger partial charge in [0.15, 0.2) is 0 Å². The van der Waals surface area contributed by atoms with E-state index in [0.29, 0.717) is 36.1 Å². The molecule has 0 saturated heterocycles. The highest BCUT2D eigenvalue weighted by Gasteiger charge is 2.24. The maximum absolute atomic E-state index is 13.6. The van der Waals surface area contributed by atoms with Crippen molar-refractivity contribution in [1.82, 2.24) is 24.0 Å². The second-order valence-electron chi connectivity index (χ2n) is 8.11. The first-order valence-electron chi connectivity index (χ1n) is 11.2. The lowest BCUT2D eigenvalue weighted by molar-refractivity contribution is 0.0774. The van der Waals surface area contributed by atoms with E-state index in [0.717, 1.165) is 10.1 Å². The second kappa shape index (κ2) is 9.09. The lowest BCUT2D eigenvalue weighted by Crippen LogP contribution is -2.41. The molecule has 4 rings (SSSR count). The summed E-state index contributed by atoms with van der Waals surface area (Å²) in [7, 11) is 1.55. The van der Waals surface area contributed by atoms with Gasteiger partial charge in [-0.1, -0.05) is 18.2 Å². The van der Waals surface area contributed by atoms with E-state index in [4.69, 9.17) is 4.42 Å². The fourth-order valence-electron chi connectivity index (χ4n) is 4.02. The van der Waals surface area contributed by atoms with Crippen LogP contribution in [0.3, 0.4) is 0 Å². The molecular formula is C25H27N5O4. The third-order valence-electron chi connectivity index (χ3n) is 5.93. The molecule has 0 fully saturated rings. The van der Waals surface area contributed by atoms with Crippen molar-refractivity contribution in [1.29, 1.82) is 0 Å². The van der Waals surface area contributed by atoms with E-state index in [1.807, 2.05) is 44.2 Å². The van der Waals surface area contributed by atoms with E-state index in [-0.39, 0.29) is 29.0 Å². The van der Waals surface area contributed by atoms with Crippen molar-refractivity contribution in [2.75, 3.05) is 13.1 Å². The van der Waals surface area contributed by atoms with Crippen LogP contribution in [0.2, 0.25) is 0 Å². The molecule has 0 aliphatic carbocycles. The SMILES string of the molecule is CCN(CC)C(=O)c1cc(C)nc2c1c(=O)n(Cc1nc(-c3ccccc3)oc1C)c(=O)n2C. The zero-order valence-electron chi connectivity index (χ0n) is 20.0. The molecule has 1 aromatic carbocycles. The number of benzene rings is 1. The number of aromatic nitrogens is 4. The number of fused-ring (bicyclic) bond motifs is 1. The van der Waals surface area contributed by atoms with E-state index in [1.54, 1.807) is 31.9 Å². The van der Waals surface area contributed by atoms with Gasteiger partial charge in [-0.25, -0.2) is 14.8 Å². The summed E-state index contributed by atoms with van der Waals surface area (Å²) in [6.07, 6.45) is 0. The fourth-order valence-corrected chi connectivity index (χ4v) is 4.02. The molecule has 0 unspecified atom stereocenters. The van der Waals surface area contributed by atoms with E-state index in [9.17, 15) is 14.4 Å². The molecule has 0 aliphatic heterocycles. The maximum Gasteiger partial charge on any atom is 0.332 e. The summed E-state index contributed by atoms with van der Waals surface area (Å²) in [6.45, 7) is 8.14. The minimum absolute atomic E-state index is 0.0869. The Morgan fingerprint density at radius 3 is 2.38 bits per heavy atom. The van der Waals surface area contributed by atoms with Gasteiger partial charge in [0.25, 0.3) is 11.5 Å². The molecule has 1 amide bonds. The monoisotopic (exact) mass is 461 g/mol. The Kier molecular flexibility index (Phi) is 6.19. The van der Waals surface area contributed by atoms with Gasteiger partial charge in [0.05, 0.1) is 17.5 Å². The van der Waals surface area contributed by atoms with Crippen molar-refractivity contribution in [2.45, 2.75) is 34.2 Å². The van der Waals surface area contributed by atoms with Gasteiger partial charge in [-0.05, 0) is 45.9 Å². The summed E-state index contributed by atoms with van der Waals surface area (Å²) in [5.74, 6) is 0.648. The second-order valence-corrected chi connectivity index (χ2v) is 8.11. The van der Waals surface area contributed by atoms with Crippen LogP contribution in [0.5, 0.6) is 0 Å². The molecule has 9 nitrogen and oxygen atoms in total. The first-order chi connectivity index (χ1) is 16.3. The summed E-state index contributed by atoms with van der Waals surface area (Å²) < 4.78 is 8.18. The summed E-state index contributed by atoms with van der Waals surface area (Å²) in [6, 6.07) is 11.0. The molecule has 0 bridgehead atoms. The first kappa shape index (κ1) is 23.2. The van der Waals surface area contributed by atoms with Crippen LogP contribution in [-0.2, 0) is 13.6 Å². The summed E-state index contributed by atoms with van der Waals surface area (Å²) in [5, 5.41) is 0.119. The predicted molar refractivity (Wildman–Crippen MR) is 129 cm³/mol. The van der Waals surface area contributed by atoms with Crippen LogP contribution in [0.4, 0.5) is 0 Å². The number of hydrogen-bond acceptors (Lipinski definition) is 6. The molecule has 4 aromatic rings. The Labute approximate surface area is 196 Å². The van der Waals surface area contributed by atoms with Gasteiger partial charge >= 0.3 is 5.69 Å². The molecule has 9 heteroatoms. The Morgan fingerprint density at radius 2 is 1.74 bits per heavy atom. The van der Waals surface area contributed by atoms with E-state index < -0.39 is 11.2 Å². The van der Waals surface area contributed by atoms with E-state index in [1.165, 1.54) is 4.57 Å². The third-order valence-corrected chi connectivity index (χ3v) is 5.93. The molecule has 0 atom stereocenters. The van der Waals surface area contributed by atoms with Crippen LogP contribution in [0.1, 0.15) is 41.4 Å². The number of carbonyl (C=O) groups is 1. The quantitative estimate of drug-likeness (QED) is 0.437. The topological polar surface area (TPSA) is 103 Å². The zero-order chi connectivity index (χ0) is 24.6. The smallest absolute Gasteiger partial charge is 0.332 e. The van der Waals surface area contributed by atoms with Gasteiger partial charge in [0.1, 0.15) is 17.1 Å². The van der Waals surface area contributed by atoms with Crippen molar-refractivity contribution in [2.24, 2.45) is 7.05 Å². The average Bonchev–Trinajstić information content (AvgIpc) is 3.21. The van der Waals surface area contributed by atoms with Gasteiger partial charge in [-0.15, -0.1) is 0 Å². The summed E-state index contributed by atoms with van der Waals surface area (Å²) in [5.41, 5.74) is 1.11. The van der Waals surface area contributed by atoms with E-state index >= 15 is 0 Å². The van der Waals surface area contributed by atoms with Gasteiger partial charge in [-0.2, -0.15) is 0 Å². The average molecular weight is 462 g/mol. The van der Waals surface area contributed by atoms with Crippen LogP contribution < -0.4 is 11.2 Å². The van der Waals surface area contributed by atoms with Gasteiger partial charge in [0.2, 0.25) is 5.89 Å². The van der Waals surface area contributed by atoms with Gasteiger partial charge in [0, 0.05) is 31.4 Å². The highest BCUT2D eigenvalue weighted by Crippen LogP contribution is 2.22. The van der Waals surface area contributed by atoms with Crippen molar-refractivity contribution in [3.63, 3.8) is 0 Å². The number of oxazole rings is 1. The molecule has 0 N–H and O–H groups in total. The molecule has 176 valence electrons. The molecule has 0 saturated carbocycles. The number of pyridine rings is 1. The molecule has 0 radical (unpaired) electrons. The molecule has 0 spiro atoms. The maximum atomic E-state index is 13.6. The Hall–Kier alpha value is -4.01. The number of nitrogens with zero attached hydrogens (tertiary/aromatic N) is 5. The van der Waals surface area contributed by atoms with Crippen LogP contribution >= 0.6 is 0 Å². The molecule has 34 heavy (non-hydrogen) atoms. The van der Waals surface area contributed by atoms with Crippen molar-refractivity contribution in [3.8, 4) is 11.5 Å². The van der Waals surface area contributed by atoms with Crippen LogP contribution in [0, 0.1) is 13.8 Å². The molecular weight excluding hydrogens is 434 g/mol. The predicted octanol–water partition coefficient (Wildman–Crippen LogP) is 2.90. The normalized spacial score (nSPS) is 11.2. The van der Waals surface area contributed by atoms with Crippen molar-refractivity contribution < 1.29 is 9.21 Å². The first-order valence-corrected chi connectivity index (χ1v) is 11.2. The van der Waals surface area contributed by atoms with Crippen molar-refractivity contribution >= 4 is 16.9 Å². The number of carbonyl (C=O) groups excluding carboxylic acids is 1. The Bertz CT molecular complexity index is 1490. The number of amides is 1. The minimum Gasteiger partial charge on any atom is -0.441 e. The van der Waals surface area contributed by atoms with Gasteiger partial charge < -0.3 is 9.32 Å². The van der Waals surface area contributed by atoms with Crippen molar-refractivity contribution in [3.05, 3.63) is 79.9 Å². The van der Waals surface area contributed by atoms with Crippen LogP contribution in [0.15, 0.2) is 50.4 Å². The summed E-state index contributed by atoms with van der Waals surface area (Å²) in [4.78, 5) is 50.6. The Morgan fingerprint density at radius 1 is 1.06 bits per heavy atom. The highest BCUT2D eigenvalue weighted by molar-refractivity contribution is 6.05. The fraction of sp³-hybridized carbons (Fsp3) is 0.320. The number of aryl methyl sites for hydroxylation is 3. The lowest BCUT2D eigenvalue weighted by atomic mass is 10.1. The zero-order valence-corrected chi connectivity index (χ0v) is 20.0. The largest absolute Gasteiger partial charge is 0.441 e. The molecule has 3 heterocycles. The third kappa shape index (κ3) is 3.93. The standard InChI is InChI=1S/C25H27N5O4/c1-6-29(7-2)23(31)18-13-15(3)26-21-20(18)24(32)30(25(33)28(21)5)14-19-16(4)34-22(27-19)17-11-9-8-10-12-17/h8-13H,6-7,14H2,1-5H3. The minimum atomic E-state index is -0.579. The van der Waals surface area contributed by atoms with Crippen LogP contribution in [0.25, 0.3) is 22.5 Å². The highest BCUT2D eigenvalue weighted by atomic mass is 16.4. The number of hydrogen-bond donors (Lipinski definition) is 0. The molecule has 0 aliphatic rings. The lowest BCUT2D eigenvalue weighted by Gasteiger charge is -2.20. The Balaban J connectivity index is 1.90. The number of rotatable bonds is 6.